The van der Waals surface area contributed by atoms with E-state index in [1.54, 1.807) is 6.07 Å². The lowest BCUT2D eigenvalue weighted by Crippen LogP contribution is -2.02. The molecular weight excluding hydrogens is 290 g/mol. The predicted molar refractivity (Wildman–Crippen MR) is 61.9 cm³/mol. The third-order valence-corrected chi connectivity index (χ3v) is 2.71. The number of aromatic carboxylic acids is 1. The first-order chi connectivity index (χ1) is 8.18. The molecule has 0 aliphatic rings. The minimum absolute atomic E-state index is 0.0910. The number of carboxylic acids is 1. The molecule has 0 atom stereocenters. The molecule has 0 saturated heterocycles. The van der Waals surface area contributed by atoms with Crippen molar-refractivity contribution in [3.8, 4) is 5.75 Å². The van der Waals surface area contributed by atoms with Crippen LogP contribution in [0.1, 0.15) is 16.1 Å². The second kappa shape index (κ2) is 5.01. The minimum Gasteiger partial charge on any atom is -0.488 e. The molecular formula is C11H8BrNO4. The molecule has 0 bridgehead atoms. The molecule has 1 aromatic heterocycles. The maximum atomic E-state index is 10.8. The fourth-order valence-electron chi connectivity index (χ4n) is 1.26. The SMILES string of the molecule is O=C(O)c1oncc1COc1ccccc1Br. The van der Waals surface area contributed by atoms with Gasteiger partial charge in [0.15, 0.2) is 0 Å². The first-order valence-electron chi connectivity index (χ1n) is 4.72. The largest absolute Gasteiger partial charge is 0.488 e. The van der Waals surface area contributed by atoms with Crippen molar-refractivity contribution in [3.05, 3.63) is 46.3 Å². The Balaban J connectivity index is 2.10. The third kappa shape index (κ3) is 2.65. The van der Waals surface area contributed by atoms with E-state index in [2.05, 4.69) is 25.6 Å². The standard InChI is InChI=1S/C11H8BrNO4/c12-8-3-1-2-4-9(8)16-6-7-5-13-17-10(7)11(14)15/h1-5H,6H2,(H,14,15). The fourth-order valence-corrected chi connectivity index (χ4v) is 1.66. The van der Waals surface area contributed by atoms with Crippen LogP contribution in [0.4, 0.5) is 0 Å². The molecule has 5 nitrogen and oxygen atoms in total. The number of hydrogen-bond donors (Lipinski definition) is 1. The number of aromatic nitrogens is 1. The van der Waals surface area contributed by atoms with Crippen molar-refractivity contribution >= 4 is 21.9 Å². The second-order valence-electron chi connectivity index (χ2n) is 3.20. The van der Waals surface area contributed by atoms with Crippen LogP contribution in [0, 0.1) is 0 Å². The summed E-state index contributed by atoms with van der Waals surface area (Å²) in [7, 11) is 0. The van der Waals surface area contributed by atoms with E-state index >= 15 is 0 Å². The van der Waals surface area contributed by atoms with E-state index in [0.29, 0.717) is 11.3 Å². The third-order valence-electron chi connectivity index (χ3n) is 2.06. The monoisotopic (exact) mass is 297 g/mol. The fraction of sp³-hybridized carbons (Fsp3) is 0.0909. The first kappa shape index (κ1) is 11.7. The van der Waals surface area contributed by atoms with Crippen molar-refractivity contribution in [2.45, 2.75) is 6.61 Å². The first-order valence-corrected chi connectivity index (χ1v) is 5.52. The Morgan fingerprint density at radius 2 is 2.24 bits per heavy atom. The van der Waals surface area contributed by atoms with Gasteiger partial charge in [-0.05, 0) is 28.1 Å². The smallest absolute Gasteiger partial charge is 0.375 e. The molecule has 1 N–H and O–H groups in total. The van der Waals surface area contributed by atoms with Crippen LogP contribution < -0.4 is 4.74 Å². The number of halogens is 1. The maximum absolute atomic E-state index is 10.8. The van der Waals surface area contributed by atoms with Gasteiger partial charge in [0.25, 0.3) is 5.76 Å². The van der Waals surface area contributed by atoms with Gasteiger partial charge in [-0.15, -0.1) is 0 Å². The van der Waals surface area contributed by atoms with Gasteiger partial charge in [0.05, 0.1) is 16.2 Å². The molecule has 0 spiro atoms. The quantitative estimate of drug-likeness (QED) is 0.939. The average molecular weight is 298 g/mol. The van der Waals surface area contributed by atoms with Crippen molar-refractivity contribution < 1.29 is 19.2 Å². The minimum atomic E-state index is -1.16. The lowest BCUT2D eigenvalue weighted by atomic mass is 10.3. The van der Waals surface area contributed by atoms with Gasteiger partial charge in [0.2, 0.25) is 0 Å². The highest BCUT2D eigenvalue weighted by molar-refractivity contribution is 9.10. The lowest BCUT2D eigenvalue weighted by Gasteiger charge is -2.06. The van der Waals surface area contributed by atoms with Crippen molar-refractivity contribution in [2.75, 3.05) is 0 Å². The van der Waals surface area contributed by atoms with Crippen LogP contribution in [0.25, 0.3) is 0 Å². The van der Waals surface area contributed by atoms with Gasteiger partial charge in [-0.3, -0.25) is 0 Å². The predicted octanol–water partition coefficient (Wildman–Crippen LogP) is 2.71. The van der Waals surface area contributed by atoms with Gasteiger partial charge in [0, 0.05) is 0 Å². The van der Waals surface area contributed by atoms with E-state index in [0.717, 1.165) is 4.47 Å². The summed E-state index contributed by atoms with van der Waals surface area (Å²) in [6.07, 6.45) is 1.33. The summed E-state index contributed by atoms with van der Waals surface area (Å²) in [5.74, 6) is -0.727. The Morgan fingerprint density at radius 1 is 1.47 bits per heavy atom. The molecule has 88 valence electrons. The van der Waals surface area contributed by atoms with E-state index in [-0.39, 0.29) is 12.4 Å². The Kier molecular flexibility index (Phi) is 3.43. The van der Waals surface area contributed by atoms with Crippen LogP contribution in [0.2, 0.25) is 0 Å². The van der Waals surface area contributed by atoms with E-state index in [9.17, 15) is 4.79 Å². The van der Waals surface area contributed by atoms with Crippen molar-refractivity contribution in [1.29, 1.82) is 0 Å². The highest BCUT2D eigenvalue weighted by Crippen LogP contribution is 2.25. The zero-order valence-electron chi connectivity index (χ0n) is 8.59. The molecule has 1 aromatic carbocycles. The molecule has 0 unspecified atom stereocenters. The molecule has 0 amide bonds. The van der Waals surface area contributed by atoms with Gasteiger partial charge >= 0.3 is 5.97 Å². The number of carbonyl (C=O) groups is 1. The molecule has 0 aliphatic heterocycles. The molecule has 6 heteroatoms. The molecule has 0 fully saturated rings. The molecule has 0 aliphatic carbocycles. The number of para-hydroxylation sites is 1. The Hall–Kier alpha value is -1.82. The van der Waals surface area contributed by atoms with Crippen LogP contribution >= 0.6 is 15.9 Å². The highest BCUT2D eigenvalue weighted by atomic mass is 79.9. The van der Waals surface area contributed by atoms with Crippen LogP contribution in [0.3, 0.4) is 0 Å². The van der Waals surface area contributed by atoms with Gasteiger partial charge in [-0.2, -0.15) is 0 Å². The van der Waals surface area contributed by atoms with E-state index in [1.165, 1.54) is 6.20 Å². The van der Waals surface area contributed by atoms with Crippen molar-refractivity contribution in [3.63, 3.8) is 0 Å². The normalized spacial score (nSPS) is 10.2. The Bertz CT molecular complexity index is 538. The van der Waals surface area contributed by atoms with E-state index in [1.807, 2.05) is 18.2 Å². The van der Waals surface area contributed by atoms with Crippen LogP contribution in [0.15, 0.2) is 39.5 Å². The number of nitrogens with zero attached hydrogens (tertiary/aromatic N) is 1. The highest BCUT2D eigenvalue weighted by Gasteiger charge is 2.16. The Labute approximate surface area is 105 Å². The molecule has 0 radical (unpaired) electrons. The molecule has 17 heavy (non-hydrogen) atoms. The van der Waals surface area contributed by atoms with Crippen LogP contribution in [0.5, 0.6) is 5.75 Å². The van der Waals surface area contributed by atoms with Crippen LogP contribution in [-0.4, -0.2) is 16.2 Å². The lowest BCUT2D eigenvalue weighted by molar-refractivity contribution is 0.0648. The number of benzene rings is 1. The summed E-state index contributed by atoms with van der Waals surface area (Å²) in [6.45, 7) is 0.0910. The topological polar surface area (TPSA) is 72.6 Å². The van der Waals surface area contributed by atoms with Crippen molar-refractivity contribution in [1.82, 2.24) is 5.16 Å². The summed E-state index contributed by atoms with van der Waals surface area (Å²) in [4.78, 5) is 10.8. The number of carboxylic acid groups (broad SMARTS) is 1. The van der Waals surface area contributed by atoms with Gasteiger partial charge in [-0.1, -0.05) is 17.3 Å². The van der Waals surface area contributed by atoms with Crippen molar-refractivity contribution in [2.24, 2.45) is 0 Å². The van der Waals surface area contributed by atoms with Gasteiger partial charge in [0.1, 0.15) is 12.4 Å². The second-order valence-corrected chi connectivity index (χ2v) is 4.06. The molecule has 2 aromatic rings. The van der Waals surface area contributed by atoms with E-state index in [4.69, 9.17) is 9.84 Å². The van der Waals surface area contributed by atoms with Gasteiger partial charge in [-0.25, -0.2) is 4.79 Å². The summed E-state index contributed by atoms with van der Waals surface area (Å²) < 4.78 is 10.9. The maximum Gasteiger partial charge on any atom is 0.375 e. The molecule has 0 saturated carbocycles. The number of ether oxygens (including phenoxy) is 1. The summed E-state index contributed by atoms with van der Waals surface area (Å²) in [5, 5.41) is 12.2. The average Bonchev–Trinajstić information content (AvgIpc) is 2.76. The summed E-state index contributed by atoms with van der Waals surface area (Å²) in [6, 6.07) is 7.30. The Morgan fingerprint density at radius 3 is 2.94 bits per heavy atom. The van der Waals surface area contributed by atoms with Gasteiger partial charge < -0.3 is 14.4 Å². The number of hydrogen-bond acceptors (Lipinski definition) is 4. The molecule has 1 heterocycles. The van der Waals surface area contributed by atoms with E-state index < -0.39 is 5.97 Å². The summed E-state index contributed by atoms with van der Waals surface area (Å²) in [5.41, 5.74) is 0.397. The summed E-state index contributed by atoms with van der Waals surface area (Å²) >= 11 is 3.33. The number of rotatable bonds is 4. The molecule has 2 rings (SSSR count). The zero-order valence-corrected chi connectivity index (χ0v) is 10.2. The zero-order chi connectivity index (χ0) is 12.3. The van der Waals surface area contributed by atoms with Crippen LogP contribution in [-0.2, 0) is 6.61 Å².